The number of nitrogens with zero attached hydrogens (tertiary/aromatic N) is 3. The van der Waals surface area contributed by atoms with Crippen LogP contribution in [-0.2, 0) is 16.6 Å². The Morgan fingerprint density at radius 1 is 1.06 bits per heavy atom. The predicted octanol–water partition coefficient (Wildman–Crippen LogP) is 3.11. The quantitative estimate of drug-likeness (QED) is 0.477. The van der Waals surface area contributed by atoms with Crippen LogP contribution in [0.15, 0.2) is 60.8 Å². The molecular formula is C21H19N5O4S. The first-order valence-corrected chi connectivity index (χ1v) is 11.4. The zero-order chi connectivity index (χ0) is 21.4. The smallest absolute Gasteiger partial charge is 0.231 e. The van der Waals surface area contributed by atoms with Crippen molar-refractivity contribution < 1.29 is 17.9 Å². The third-order valence-electron chi connectivity index (χ3n) is 4.73. The fourth-order valence-corrected chi connectivity index (χ4v) is 3.92. The molecule has 0 bridgehead atoms. The van der Waals surface area contributed by atoms with Gasteiger partial charge in [-0.3, -0.25) is 4.72 Å². The average Bonchev–Trinajstić information content (AvgIpc) is 3.37. The van der Waals surface area contributed by atoms with E-state index in [4.69, 9.17) is 9.47 Å². The summed E-state index contributed by atoms with van der Waals surface area (Å²) < 4.78 is 38.1. The largest absolute Gasteiger partial charge is 0.454 e. The molecule has 0 spiro atoms. The van der Waals surface area contributed by atoms with Crippen LogP contribution in [0.1, 0.15) is 5.56 Å². The first-order valence-electron chi connectivity index (χ1n) is 9.50. The third kappa shape index (κ3) is 4.10. The number of nitrogens with one attached hydrogen (secondary N) is 2. The summed E-state index contributed by atoms with van der Waals surface area (Å²) in [5.41, 5.74) is 3.74. The van der Waals surface area contributed by atoms with Gasteiger partial charge in [0.1, 0.15) is 5.82 Å². The summed E-state index contributed by atoms with van der Waals surface area (Å²) in [5.74, 6) is 2.16. The van der Waals surface area contributed by atoms with Crippen LogP contribution in [0.2, 0.25) is 0 Å². The lowest BCUT2D eigenvalue weighted by Crippen LogP contribution is -2.09. The molecule has 2 N–H and O–H groups in total. The summed E-state index contributed by atoms with van der Waals surface area (Å²) in [7, 11) is -3.36. The molecule has 10 heteroatoms. The van der Waals surface area contributed by atoms with Gasteiger partial charge < -0.3 is 14.8 Å². The lowest BCUT2D eigenvalue weighted by Gasteiger charge is -2.09. The van der Waals surface area contributed by atoms with E-state index in [-0.39, 0.29) is 6.79 Å². The SMILES string of the molecule is CS(=O)(=O)Nc1cccc(-c2cnc3ccc(NCc4ccc5c(c4)OCO5)nn23)c1. The maximum Gasteiger partial charge on any atom is 0.231 e. The average molecular weight is 437 g/mol. The first kappa shape index (κ1) is 19.2. The Labute approximate surface area is 178 Å². The van der Waals surface area contributed by atoms with E-state index in [1.807, 2.05) is 36.4 Å². The summed E-state index contributed by atoms with van der Waals surface area (Å²) >= 11 is 0. The van der Waals surface area contributed by atoms with Crippen molar-refractivity contribution in [3.05, 3.63) is 66.4 Å². The topological polar surface area (TPSA) is 107 Å². The molecule has 1 aliphatic heterocycles. The minimum absolute atomic E-state index is 0.245. The highest BCUT2D eigenvalue weighted by atomic mass is 32.2. The highest BCUT2D eigenvalue weighted by Gasteiger charge is 2.14. The highest BCUT2D eigenvalue weighted by molar-refractivity contribution is 7.92. The van der Waals surface area contributed by atoms with E-state index in [0.717, 1.165) is 34.6 Å². The van der Waals surface area contributed by atoms with Crippen LogP contribution in [0.5, 0.6) is 11.5 Å². The number of sulfonamides is 1. The Hall–Kier alpha value is -3.79. The standard InChI is InChI=1S/C21H19N5O4S/c1-31(27,28)25-16-4-2-3-15(10-16)17-12-23-21-8-7-20(24-26(17)21)22-11-14-5-6-18-19(9-14)30-13-29-18/h2-10,12,25H,11,13H2,1H3,(H,22,24). The van der Waals surface area contributed by atoms with Gasteiger partial charge in [0.2, 0.25) is 16.8 Å². The Balaban J connectivity index is 1.40. The molecule has 1 aliphatic rings. The molecule has 0 amide bonds. The van der Waals surface area contributed by atoms with Gasteiger partial charge in [-0.25, -0.2) is 17.9 Å². The molecule has 0 saturated carbocycles. The second-order valence-electron chi connectivity index (χ2n) is 7.13. The van der Waals surface area contributed by atoms with Crippen molar-refractivity contribution >= 4 is 27.2 Å². The molecule has 2 aromatic carbocycles. The second-order valence-corrected chi connectivity index (χ2v) is 8.88. The number of benzene rings is 2. The zero-order valence-corrected chi connectivity index (χ0v) is 17.4. The number of hydrogen-bond acceptors (Lipinski definition) is 7. The van der Waals surface area contributed by atoms with Gasteiger partial charge >= 0.3 is 0 Å². The summed E-state index contributed by atoms with van der Waals surface area (Å²) in [5, 5.41) is 7.96. The maximum absolute atomic E-state index is 11.5. The summed E-state index contributed by atoms with van der Waals surface area (Å²) in [6, 6.07) is 16.6. The number of hydrogen-bond donors (Lipinski definition) is 2. The monoisotopic (exact) mass is 437 g/mol. The van der Waals surface area contributed by atoms with Gasteiger partial charge in [0.05, 0.1) is 18.1 Å². The summed E-state index contributed by atoms with van der Waals surface area (Å²) in [6.45, 7) is 0.807. The first-order chi connectivity index (χ1) is 14.9. The van der Waals surface area contributed by atoms with Crippen LogP contribution in [0.25, 0.3) is 16.9 Å². The number of imidazole rings is 1. The van der Waals surface area contributed by atoms with Gasteiger partial charge in [0, 0.05) is 17.8 Å². The molecule has 0 fully saturated rings. The van der Waals surface area contributed by atoms with Crippen molar-refractivity contribution in [2.24, 2.45) is 0 Å². The fourth-order valence-electron chi connectivity index (χ4n) is 3.36. The van der Waals surface area contributed by atoms with Crippen molar-refractivity contribution in [2.75, 3.05) is 23.1 Å². The Kier molecular flexibility index (Phi) is 4.63. The summed E-state index contributed by atoms with van der Waals surface area (Å²) in [6.07, 6.45) is 2.83. The van der Waals surface area contributed by atoms with E-state index < -0.39 is 10.0 Å². The fraction of sp³-hybridized carbons (Fsp3) is 0.143. The number of rotatable bonds is 6. The molecule has 0 unspecified atom stereocenters. The highest BCUT2D eigenvalue weighted by Crippen LogP contribution is 2.32. The van der Waals surface area contributed by atoms with Gasteiger partial charge in [0.25, 0.3) is 0 Å². The Morgan fingerprint density at radius 2 is 1.94 bits per heavy atom. The minimum atomic E-state index is -3.36. The van der Waals surface area contributed by atoms with Crippen LogP contribution in [-0.4, -0.2) is 36.1 Å². The normalized spacial score (nSPS) is 12.8. The molecular weight excluding hydrogens is 418 g/mol. The molecule has 2 aromatic heterocycles. The molecule has 3 heterocycles. The van der Waals surface area contributed by atoms with Crippen molar-refractivity contribution in [2.45, 2.75) is 6.54 Å². The second kappa shape index (κ2) is 7.47. The molecule has 0 saturated heterocycles. The van der Waals surface area contributed by atoms with Gasteiger partial charge in [-0.1, -0.05) is 18.2 Å². The third-order valence-corrected chi connectivity index (χ3v) is 5.34. The molecule has 0 radical (unpaired) electrons. The number of anilines is 2. The van der Waals surface area contributed by atoms with E-state index in [1.165, 1.54) is 0 Å². The van der Waals surface area contributed by atoms with Crippen LogP contribution >= 0.6 is 0 Å². The number of aromatic nitrogens is 3. The van der Waals surface area contributed by atoms with Crippen molar-refractivity contribution in [1.82, 2.24) is 14.6 Å². The molecule has 31 heavy (non-hydrogen) atoms. The number of fused-ring (bicyclic) bond motifs is 2. The minimum Gasteiger partial charge on any atom is -0.454 e. The maximum atomic E-state index is 11.5. The van der Waals surface area contributed by atoms with Crippen LogP contribution in [0.4, 0.5) is 11.5 Å². The van der Waals surface area contributed by atoms with E-state index in [9.17, 15) is 8.42 Å². The zero-order valence-electron chi connectivity index (χ0n) is 16.6. The van der Waals surface area contributed by atoms with Crippen molar-refractivity contribution in [1.29, 1.82) is 0 Å². The van der Waals surface area contributed by atoms with E-state index in [1.54, 1.807) is 28.9 Å². The summed E-state index contributed by atoms with van der Waals surface area (Å²) in [4.78, 5) is 4.40. The molecule has 4 aromatic rings. The Morgan fingerprint density at radius 3 is 2.81 bits per heavy atom. The van der Waals surface area contributed by atoms with Crippen LogP contribution < -0.4 is 19.5 Å². The molecule has 0 atom stereocenters. The van der Waals surface area contributed by atoms with Gasteiger partial charge in [-0.15, -0.1) is 5.10 Å². The van der Waals surface area contributed by atoms with Gasteiger partial charge in [-0.05, 0) is 42.0 Å². The molecule has 9 nitrogen and oxygen atoms in total. The molecule has 5 rings (SSSR count). The lowest BCUT2D eigenvalue weighted by atomic mass is 10.1. The van der Waals surface area contributed by atoms with Gasteiger partial charge in [-0.2, -0.15) is 0 Å². The van der Waals surface area contributed by atoms with Crippen LogP contribution in [0.3, 0.4) is 0 Å². The van der Waals surface area contributed by atoms with Gasteiger partial charge in [0.15, 0.2) is 17.1 Å². The predicted molar refractivity (Wildman–Crippen MR) is 117 cm³/mol. The lowest BCUT2D eigenvalue weighted by molar-refractivity contribution is 0.174. The van der Waals surface area contributed by atoms with Crippen molar-refractivity contribution in [3.63, 3.8) is 0 Å². The van der Waals surface area contributed by atoms with E-state index in [0.29, 0.717) is 23.7 Å². The van der Waals surface area contributed by atoms with Crippen LogP contribution in [0, 0.1) is 0 Å². The number of ether oxygens (including phenoxy) is 2. The van der Waals surface area contributed by atoms with E-state index >= 15 is 0 Å². The molecule has 0 aliphatic carbocycles. The Bertz CT molecular complexity index is 1380. The molecule has 158 valence electrons. The van der Waals surface area contributed by atoms with E-state index in [2.05, 4.69) is 20.1 Å². The van der Waals surface area contributed by atoms with Crippen molar-refractivity contribution in [3.8, 4) is 22.8 Å².